The van der Waals surface area contributed by atoms with Gasteiger partial charge in [0.1, 0.15) is 5.75 Å². The molecule has 3 aromatic rings. The Bertz CT molecular complexity index is 975. The lowest BCUT2D eigenvalue weighted by Crippen LogP contribution is -2.27. The Morgan fingerprint density at radius 1 is 1.14 bits per heavy atom. The van der Waals surface area contributed by atoms with Crippen LogP contribution in [0.1, 0.15) is 16.7 Å². The number of hydrogen-bond donors (Lipinski definition) is 2. The van der Waals surface area contributed by atoms with Crippen LogP contribution in [-0.2, 0) is 11.2 Å². The minimum absolute atomic E-state index is 0.0243. The number of ether oxygens (including phenoxy) is 1. The smallest absolute Gasteiger partial charge is 0.230 e. The number of methoxy groups -OCH3 is 1. The number of nitrogens with one attached hydrogen (secondary N) is 2. The van der Waals surface area contributed by atoms with Gasteiger partial charge in [-0.15, -0.1) is 10.2 Å². The zero-order valence-electron chi connectivity index (χ0n) is 16.7. The van der Waals surface area contributed by atoms with E-state index >= 15 is 0 Å². The van der Waals surface area contributed by atoms with E-state index in [2.05, 4.69) is 46.8 Å². The molecule has 1 aromatic heterocycles. The first-order valence-corrected chi connectivity index (χ1v) is 11.0. The van der Waals surface area contributed by atoms with E-state index in [4.69, 9.17) is 4.74 Å². The third kappa shape index (κ3) is 6.20. The molecule has 3 rings (SSSR count). The summed E-state index contributed by atoms with van der Waals surface area (Å²) in [5.74, 6) is 1.13. The van der Waals surface area contributed by atoms with Crippen LogP contribution in [0.2, 0.25) is 0 Å². The van der Waals surface area contributed by atoms with Crippen LogP contribution in [0.3, 0.4) is 0 Å². The number of amides is 1. The molecule has 2 N–H and O–H groups in total. The summed E-state index contributed by atoms with van der Waals surface area (Å²) in [5.41, 5.74) is 4.53. The van der Waals surface area contributed by atoms with Crippen LogP contribution in [-0.4, -0.2) is 35.5 Å². The number of benzene rings is 2. The highest BCUT2D eigenvalue weighted by atomic mass is 32.2. The van der Waals surface area contributed by atoms with E-state index in [1.165, 1.54) is 34.2 Å². The second-order valence-electron chi connectivity index (χ2n) is 6.50. The summed E-state index contributed by atoms with van der Waals surface area (Å²) in [6.07, 6.45) is 0.725. The monoisotopic (exact) mass is 428 g/mol. The molecule has 1 amide bonds. The minimum atomic E-state index is -0.0243. The van der Waals surface area contributed by atoms with Gasteiger partial charge >= 0.3 is 0 Å². The molecule has 0 spiro atoms. The van der Waals surface area contributed by atoms with Crippen molar-refractivity contribution in [3.8, 4) is 5.75 Å². The molecule has 0 radical (unpaired) electrons. The molecule has 0 atom stereocenters. The maximum atomic E-state index is 12.1. The lowest BCUT2D eigenvalue weighted by atomic mass is 10.1. The Hall–Kier alpha value is -2.58. The molecule has 0 bridgehead atoms. The SMILES string of the molecule is COc1ccccc1CCNC(=O)CSc1nnc(Nc2ccc(C)c(C)c2)s1. The van der Waals surface area contributed by atoms with Crippen molar-refractivity contribution in [2.24, 2.45) is 0 Å². The molecule has 29 heavy (non-hydrogen) atoms. The summed E-state index contributed by atoms with van der Waals surface area (Å²) in [6.45, 7) is 4.73. The lowest BCUT2D eigenvalue weighted by Gasteiger charge is -2.08. The molecule has 0 aliphatic carbocycles. The Kier molecular flexibility index (Phi) is 7.48. The molecule has 0 unspecified atom stereocenters. The predicted octanol–water partition coefficient (Wildman–Crippen LogP) is 4.36. The van der Waals surface area contributed by atoms with Gasteiger partial charge in [0.05, 0.1) is 12.9 Å². The van der Waals surface area contributed by atoms with Crippen molar-refractivity contribution in [1.82, 2.24) is 15.5 Å². The van der Waals surface area contributed by atoms with Crippen LogP contribution < -0.4 is 15.4 Å². The van der Waals surface area contributed by atoms with Gasteiger partial charge in [0.2, 0.25) is 11.0 Å². The van der Waals surface area contributed by atoms with Gasteiger partial charge in [-0.3, -0.25) is 4.79 Å². The number of aryl methyl sites for hydroxylation is 2. The van der Waals surface area contributed by atoms with E-state index < -0.39 is 0 Å². The molecular formula is C21H24N4O2S2. The molecule has 8 heteroatoms. The first-order chi connectivity index (χ1) is 14.0. The zero-order valence-corrected chi connectivity index (χ0v) is 18.3. The molecule has 0 aliphatic heterocycles. The maximum absolute atomic E-state index is 12.1. The molecule has 0 saturated carbocycles. The van der Waals surface area contributed by atoms with Gasteiger partial charge < -0.3 is 15.4 Å². The zero-order chi connectivity index (χ0) is 20.6. The van der Waals surface area contributed by atoms with Gasteiger partial charge in [-0.2, -0.15) is 0 Å². The van der Waals surface area contributed by atoms with Gasteiger partial charge in [-0.05, 0) is 55.2 Å². The minimum Gasteiger partial charge on any atom is -0.496 e. The second kappa shape index (κ2) is 10.3. The van der Waals surface area contributed by atoms with Crippen molar-refractivity contribution in [3.63, 3.8) is 0 Å². The van der Waals surface area contributed by atoms with E-state index in [0.717, 1.165) is 27.8 Å². The largest absolute Gasteiger partial charge is 0.496 e. The number of para-hydroxylation sites is 1. The maximum Gasteiger partial charge on any atom is 0.230 e. The number of carbonyl (C=O) groups is 1. The van der Waals surface area contributed by atoms with E-state index in [0.29, 0.717) is 17.4 Å². The first kappa shape index (κ1) is 21.1. The average molecular weight is 429 g/mol. The summed E-state index contributed by atoms with van der Waals surface area (Å²) >= 11 is 2.83. The van der Waals surface area contributed by atoms with E-state index in [1.54, 1.807) is 7.11 Å². The highest BCUT2D eigenvalue weighted by Crippen LogP contribution is 2.28. The van der Waals surface area contributed by atoms with Crippen molar-refractivity contribution >= 4 is 39.8 Å². The number of carbonyl (C=O) groups excluding carboxylic acids is 1. The van der Waals surface area contributed by atoms with E-state index in [-0.39, 0.29) is 5.91 Å². The fourth-order valence-corrected chi connectivity index (χ4v) is 4.29. The number of aromatic nitrogens is 2. The number of thioether (sulfide) groups is 1. The number of anilines is 2. The summed E-state index contributed by atoms with van der Waals surface area (Å²) in [4.78, 5) is 12.1. The van der Waals surface area contributed by atoms with E-state index in [9.17, 15) is 4.79 Å². The highest BCUT2D eigenvalue weighted by molar-refractivity contribution is 8.01. The van der Waals surface area contributed by atoms with Gasteiger partial charge in [0, 0.05) is 12.2 Å². The molecule has 152 valence electrons. The van der Waals surface area contributed by atoms with Crippen molar-refractivity contribution in [2.75, 3.05) is 24.7 Å². The van der Waals surface area contributed by atoms with Crippen LogP contribution in [0.15, 0.2) is 46.8 Å². The van der Waals surface area contributed by atoms with Crippen LogP contribution in [0.5, 0.6) is 5.75 Å². The van der Waals surface area contributed by atoms with Gasteiger partial charge in [0.25, 0.3) is 0 Å². The standard InChI is InChI=1S/C21H24N4O2S2/c1-14-8-9-17(12-15(14)2)23-20-24-25-21(29-20)28-13-19(26)22-11-10-16-6-4-5-7-18(16)27-3/h4-9,12H,10-11,13H2,1-3H3,(H,22,26)(H,23,24). The summed E-state index contributed by atoms with van der Waals surface area (Å²) in [7, 11) is 1.65. The van der Waals surface area contributed by atoms with Crippen LogP contribution >= 0.6 is 23.1 Å². The Morgan fingerprint density at radius 3 is 2.76 bits per heavy atom. The van der Waals surface area contributed by atoms with Crippen LogP contribution in [0.25, 0.3) is 0 Å². The Balaban J connectivity index is 1.43. The molecule has 2 aromatic carbocycles. The molecule has 6 nitrogen and oxygen atoms in total. The van der Waals surface area contributed by atoms with Crippen LogP contribution in [0, 0.1) is 13.8 Å². The lowest BCUT2D eigenvalue weighted by molar-refractivity contribution is -0.118. The van der Waals surface area contributed by atoms with Gasteiger partial charge in [0.15, 0.2) is 4.34 Å². The number of rotatable bonds is 9. The summed E-state index contributed by atoms with van der Waals surface area (Å²) in [5, 5.41) is 15.2. The van der Waals surface area contributed by atoms with Crippen molar-refractivity contribution in [2.45, 2.75) is 24.6 Å². The van der Waals surface area contributed by atoms with Gasteiger partial charge in [-0.25, -0.2) is 0 Å². The fourth-order valence-electron chi connectivity index (χ4n) is 2.69. The summed E-state index contributed by atoms with van der Waals surface area (Å²) < 4.78 is 6.09. The van der Waals surface area contributed by atoms with Crippen molar-refractivity contribution in [3.05, 3.63) is 59.2 Å². The van der Waals surface area contributed by atoms with Gasteiger partial charge in [-0.1, -0.05) is 47.4 Å². The topological polar surface area (TPSA) is 76.1 Å². The Morgan fingerprint density at radius 2 is 1.97 bits per heavy atom. The number of nitrogens with zero attached hydrogens (tertiary/aromatic N) is 2. The second-order valence-corrected chi connectivity index (χ2v) is 8.70. The third-order valence-corrected chi connectivity index (χ3v) is 6.37. The molecular weight excluding hydrogens is 404 g/mol. The first-order valence-electron chi connectivity index (χ1n) is 9.24. The fraction of sp³-hybridized carbons (Fsp3) is 0.286. The normalized spacial score (nSPS) is 10.6. The quantitative estimate of drug-likeness (QED) is 0.493. The van der Waals surface area contributed by atoms with Crippen LogP contribution in [0.4, 0.5) is 10.8 Å². The molecule has 0 saturated heterocycles. The number of hydrogen-bond acceptors (Lipinski definition) is 7. The molecule has 0 fully saturated rings. The average Bonchev–Trinajstić information content (AvgIpc) is 3.17. The Labute approximate surface area is 179 Å². The van der Waals surface area contributed by atoms with E-state index in [1.807, 2.05) is 30.3 Å². The van der Waals surface area contributed by atoms with Crippen molar-refractivity contribution < 1.29 is 9.53 Å². The highest BCUT2D eigenvalue weighted by Gasteiger charge is 2.09. The molecule has 1 heterocycles. The van der Waals surface area contributed by atoms with Crippen molar-refractivity contribution in [1.29, 1.82) is 0 Å². The molecule has 0 aliphatic rings. The third-order valence-electron chi connectivity index (χ3n) is 4.40. The summed E-state index contributed by atoms with van der Waals surface area (Å²) in [6, 6.07) is 14.0. The predicted molar refractivity (Wildman–Crippen MR) is 120 cm³/mol.